The highest BCUT2D eigenvalue weighted by molar-refractivity contribution is 5.75. The zero-order valence-electron chi connectivity index (χ0n) is 13.3. The highest BCUT2D eigenvalue weighted by Crippen LogP contribution is 2.27. The summed E-state index contributed by atoms with van der Waals surface area (Å²) in [5.74, 6) is 2.02. The Bertz CT molecular complexity index is 596. The number of rotatable bonds is 4. The van der Waals surface area contributed by atoms with Gasteiger partial charge in [0, 0.05) is 7.05 Å². The van der Waals surface area contributed by atoms with Gasteiger partial charge in [-0.15, -0.1) is 0 Å². The van der Waals surface area contributed by atoms with E-state index in [9.17, 15) is 0 Å². The van der Waals surface area contributed by atoms with Crippen molar-refractivity contribution in [1.29, 1.82) is 0 Å². The lowest BCUT2D eigenvalue weighted by molar-refractivity contribution is 0.135. The van der Waals surface area contributed by atoms with Crippen molar-refractivity contribution in [3.05, 3.63) is 30.1 Å². The highest BCUT2D eigenvalue weighted by atomic mass is 15.2. The van der Waals surface area contributed by atoms with Gasteiger partial charge in [-0.05, 0) is 64.5 Å². The van der Waals surface area contributed by atoms with E-state index in [-0.39, 0.29) is 0 Å². The lowest BCUT2D eigenvalue weighted by Crippen LogP contribution is -2.38. The average Bonchev–Trinajstić information content (AvgIpc) is 2.85. The number of nitrogens with zero attached hydrogens (tertiary/aromatic N) is 3. The van der Waals surface area contributed by atoms with E-state index in [1.807, 2.05) is 0 Å². The topological polar surface area (TPSA) is 33.1 Å². The number of piperidine rings is 1. The number of benzene rings is 1. The number of likely N-dealkylation sites (tertiary alicyclic amines) is 1. The molecule has 1 N–H and O–H groups in total. The van der Waals surface area contributed by atoms with Crippen molar-refractivity contribution < 1.29 is 0 Å². The zero-order valence-corrected chi connectivity index (χ0v) is 13.3. The molecule has 114 valence electrons. The Morgan fingerprint density at radius 2 is 2.00 bits per heavy atom. The first kappa shape index (κ1) is 14.5. The molecular weight excluding hydrogens is 260 g/mol. The molecule has 21 heavy (non-hydrogen) atoms. The molecular formula is C17H26N4. The molecule has 1 aromatic carbocycles. The van der Waals surface area contributed by atoms with E-state index in [1.54, 1.807) is 0 Å². The van der Waals surface area contributed by atoms with Gasteiger partial charge in [0.1, 0.15) is 5.82 Å². The number of hydrogen-bond acceptors (Lipinski definition) is 3. The second-order valence-electron chi connectivity index (χ2n) is 6.23. The van der Waals surface area contributed by atoms with E-state index < -0.39 is 0 Å². The van der Waals surface area contributed by atoms with Crippen LogP contribution in [0.2, 0.25) is 0 Å². The summed E-state index contributed by atoms with van der Waals surface area (Å²) in [6.45, 7) is 5.79. The van der Waals surface area contributed by atoms with Gasteiger partial charge >= 0.3 is 0 Å². The summed E-state index contributed by atoms with van der Waals surface area (Å²) in [6.07, 6.45) is 2.57. The largest absolute Gasteiger partial charge is 0.330 e. The SMILES string of the molecule is CNCC1CCN(C(C)c2nc3ccccc3n2C)CC1. The summed E-state index contributed by atoms with van der Waals surface area (Å²) in [4.78, 5) is 7.43. The van der Waals surface area contributed by atoms with Gasteiger partial charge in [-0.2, -0.15) is 0 Å². The molecule has 4 nitrogen and oxygen atoms in total. The van der Waals surface area contributed by atoms with Crippen LogP contribution >= 0.6 is 0 Å². The zero-order chi connectivity index (χ0) is 14.8. The monoisotopic (exact) mass is 286 g/mol. The predicted molar refractivity (Wildman–Crippen MR) is 87.4 cm³/mol. The molecule has 0 aliphatic carbocycles. The summed E-state index contributed by atoms with van der Waals surface area (Å²) in [6, 6.07) is 8.79. The predicted octanol–water partition coefficient (Wildman–Crippen LogP) is 2.57. The fourth-order valence-electron chi connectivity index (χ4n) is 3.53. The quantitative estimate of drug-likeness (QED) is 0.938. The Morgan fingerprint density at radius 1 is 1.29 bits per heavy atom. The van der Waals surface area contributed by atoms with E-state index in [0.717, 1.165) is 18.0 Å². The normalized spacial score (nSPS) is 19.2. The van der Waals surface area contributed by atoms with Gasteiger partial charge in [0.25, 0.3) is 0 Å². The third kappa shape index (κ3) is 2.83. The Hall–Kier alpha value is -1.39. The Balaban J connectivity index is 1.75. The van der Waals surface area contributed by atoms with Gasteiger partial charge in [0.05, 0.1) is 17.1 Å². The minimum Gasteiger partial charge on any atom is -0.330 e. The molecule has 1 fully saturated rings. The summed E-state index contributed by atoms with van der Waals surface area (Å²) < 4.78 is 2.25. The van der Waals surface area contributed by atoms with Crippen molar-refractivity contribution in [3.8, 4) is 0 Å². The van der Waals surface area contributed by atoms with Crippen LogP contribution in [-0.2, 0) is 7.05 Å². The highest BCUT2D eigenvalue weighted by Gasteiger charge is 2.25. The third-order valence-electron chi connectivity index (χ3n) is 4.89. The summed E-state index contributed by atoms with van der Waals surface area (Å²) >= 11 is 0. The first-order valence-corrected chi connectivity index (χ1v) is 8.00. The van der Waals surface area contributed by atoms with Gasteiger partial charge in [0.15, 0.2) is 0 Å². The molecule has 1 aromatic heterocycles. The third-order valence-corrected chi connectivity index (χ3v) is 4.89. The van der Waals surface area contributed by atoms with E-state index >= 15 is 0 Å². The molecule has 1 unspecified atom stereocenters. The molecule has 1 aliphatic rings. The van der Waals surface area contributed by atoms with Crippen LogP contribution < -0.4 is 5.32 Å². The maximum atomic E-state index is 4.85. The molecule has 3 rings (SSSR count). The van der Waals surface area contributed by atoms with Crippen LogP contribution in [-0.4, -0.2) is 41.1 Å². The molecule has 0 amide bonds. The second-order valence-corrected chi connectivity index (χ2v) is 6.23. The van der Waals surface area contributed by atoms with Crippen LogP contribution in [0.15, 0.2) is 24.3 Å². The van der Waals surface area contributed by atoms with Gasteiger partial charge in [0.2, 0.25) is 0 Å². The van der Waals surface area contributed by atoms with Gasteiger partial charge in [-0.25, -0.2) is 4.98 Å². The van der Waals surface area contributed by atoms with Crippen molar-refractivity contribution in [2.75, 3.05) is 26.7 Å². The Kier molecular flexibility index (Phi) is 4.27. The smallest absolute Gasteiger partial charge is 0.126 e. The summed E-state index contributed by atoms with van der Waals surface area (Å²) in [5.41, 5.74) is 2.33. The molecule has 1 aliphatic heterocycles. The van der Waals surface area contributed by atoms with Crippen LogP contribution in [0.1, 0.15) is 31.6 Å². The minimum atomic E-state index is 0.387. The van der Waals surface area contributed by atoms with Crippen molar-refractivity contribution in [3.63, 3.8) is 0 Å². The number of aryl methyl sites for hydroxylation is 1. The first-order chi connectivity index (χ1) is 10.2. The van der Waals surface area contributed by atoms with Crippen molar-refractivity contribution in [2.24, 2.45) is 13.0 Å². The number of imidazole rings is 1. The number of fused-ring (bicyclic) bond motifs is 1. The standard InChI is InChI=1S/C17H26N4/c1-13(21-10-8-14(9-11-21)12-18-2)17-19-15-6-4-5-7-16(15)20(17)3/h4-7,13-14,18H,8-12H2,1-3H3. The van der Waals surface area contributed by atoms with Crippen LogP contribution in [0.4, 0.5) is 0 Å². The van der Waals surface area contributed by atoms with Gasteiger partial charge in [-0.3, -0.25) is 4.90 Å². The number of nitrogens with one attached hydrogen (secondary N) is 1. The lowest BCUT2D eigenvalue weighted by atomic mass is 9.96. The molecule has 2 aromatic rings. The van der Waals surface area contributed by atoms with Crippen molar-refractivity contribution >= 4 is 11.0 Å². The second kappa shape index (κ2) is 6.16. The number of para-hydroxylation sites is 2. The molecule has 0 spiro atoms. The van der Waals surface area contributed by atoms with Crippen LogP contribution in [0.3, 0.4) is 0 Å². The maximum Gasteiger partial charge on any atom is 0.126 e. The summed E-state index contributed by atoms with van der Waals surface area (Å²) in [7, 11) is 4.18. The van der Waals surface area contributed by atoms with Crippen molar-refractivity contribution in [1.82, 2.24) is 19.8 Å². The molecule has 0 bridgehead atoms. The number of hydrogen-bond donors (Lipinski definition) is 1. The number of aromatic nitrogens is 2. The van der Waals surface area contributed by atoms with Gasteiger partial charge < -0.3 is 9.88 Å². The van der Waals surface area contributed by atoms with E-state index in [1.165, 1.54) is 37.3 Å². The fraction of sp³-hybridized carbons (Fsp3) is 0.588. The fourth-order valence-corrected chi connectivity index (χ4v) is 3.53. The Morgan fingerprint density at radius 3 is 2.67 bits per heavy atom. The molecule has 1 saturated heterocycles. The molecule has 0 radical (unpaired) electrons. The molecule has 1 atom stereocenters. The van der Waals surface area contributed by atoms with Gasteiger partial charge in [-0.1, -0.05) is 12.1 Å². The minimum absolute atomic E-state index is 0.387. The molecule has 0 saturated carbocycles. The van der Waals surface area contributed by atoms with Crippen LogP contribution in [0.25, 0.3) is 11.0 Å². The van der Waals surface area contributed by atoms with Crippen molar-refractivity contribution in [2.45, 2.75) is 25.8 Å². The average molecular weight is 286 g/mol. The Labute approximate surface area is 127 Å². The lowest BCUT2D eigenvalue weighted by Gasteiger charge is -2.35. The van der Waals surface area contributed by atoms with E-state index in [2.05, 4.69) is 60.1 Å². The molecule has 4 heteroatoms. The van der Waals surface area contributed by atoms with Crippen LogP contribution in [0, 0.1) is 5.92 Å². The van der Waals surface area contributed by atoms with E-state index in [0.29, 0.717) is 6.04 Å². The van der Waals surface area contributed by atoms with Crippen LogP contribution in [0.5, 0.6) is 0 Å². The first-order valence-electron chi connectivity index (χ1n) is 8.00. The molecule has 2 heterocycles. The maximum absolute atomic E-state index is 4.85. The van der Waals surface area contributed by atoms with E-state index in [4.69, 9.17) is 4.98 Å². The summed E-state index contributed by atoms with van der Waals surface area (Å²) in [5, 5.41) is 3.31.